The first-order valence-electron chi connectivity index (χ1n) is 5.95. The lowest BCUT2D eigenvalue weighted by Gasteiger charge is -2.06. The first kappa shape index (κ1) is 14.3. The number of hydrogen-bond acceptors (Lipinski definition) is 6. The third kappa shape index (κ3) is 3.47. The Kier molecular flexibility index (Phi) is 4.35. The van der Waals surface area contributed by atoms with Crippen molar-refractivity contribution in [2.75, 3.05) is 7.11 Å². The summed E-state index contributed by atoms with van der Waals surface area (Å²) in [6.45, 7) is 0. The van der Waals surface area contributed by atoms with E-state index in [4.69, 9.17) is 4.74 Å². The van der Waals surface area contributed by atoms with Crippen LogP contribution in [0.4, 0.5) is 0 Å². The Morgan fingerprint density at radius 2 is 2.05 bits per heavy atom. The zero-order chi connectivity index (χ0) is 15.2. The van der Waals surface area contributed by atoms with Crippen LogP contribution in [0.1, 0.15) is 15.9 Å². The van der Waals surface area contributed by atoms with Crippen LogP contribution in [-0.2, 0) is 0 Å². The highest BCUT2D eigenvalue weighted by molar-refractivity contribution is 5.94. The van der Waals surface area contributed by atoms with Gasteiger partial charge in [-0.15, -0.1) is 0 Å². The van der Waals surface area contributed by atoms with Gasteiger partial charge >= 0.3 is 0 Å². The predicted octanol–water partition coefficient (Wildman–Crippen LogP) is 1.27. The standard InChI is InChI=1S/C14H13N3O4/c1-21-12-7-9(6-11(18)13(12)19)8-16-17-14(20)10-2-4-15-5-3-10/h2-8,18-19H,1H3,(H,17,20)/b16-8+. The molecule has 0 saturated heterocycles. The number of pyridine rings is 1. The molecule has 1 aromatic carbocycles. The van der Waals surface area contributed by atoms with E-state index in [0.29, 0.717) is 11.1 Å². The summed E-state index contributed by atoms with van der Waals surface area (Å²) in [5.41, 5.74) is 3.22. The molecule has 108 valence electrons. The van der Waals surface area contributed by atoms with Gasteiger partial charge < -0.3 is 14.9 Å². The fraction of sp³-hybridized carbons (Fsp3) is 0.0714. The van der Waals surface area contributed by atoms with Crippen molar-refractivity contribution in [2.24, 2.45) is 5.10 Å². The van der Waals surface area contributed by atoms with Gasteiger partial charge in [0.1, 0.15) is 0 Å². The van der Waals surface area contributed by atoms with Gasteiger partial charge in [0.15, 0.2) is 11.5 Å². The summed E-state index contributed by atoms with van der Waals surface area (Å²) in [5, 5.41) is 22.8. The van der Waals surface area contributed by atoms with Gasteiger partial charge in [0.05, 0.1) is 13.3 Å². The van der Waals surface area contributed by atoms with E-state index in [2.05, 4.69) is 15.5 Å². The van der Waals surface area contributed by atoms with Gasteiger partial charge in [-0.05, 0) is 24.3 Å². The molecule has 0 saturated carbocycles. The highest BCUT2D eigenvalue weighted by atomic mass is 16.5. The number of ether oxygens (including phenoxy) is 1. The zero-order valence-corrected chi connectivity index (χ0v) is 11.1. The number of hydrazone groups is 1. The number of aromatic nitrogens is 1. The molecular formula is C14H13N3O4. The molecule has 0 bridgehead atoms. The molecule has 0 aliphatic rings. The fourth-order valence-electron chi connectivity index (χ4n) is 1.58. The Hall–Kier alpha value is -3.09. The lowest BCUT2D eigenvalue weighted by atomic mass is 10.2. The molecule has 0 fully saturated rings. The maximum atomic E-state index is 11.7. The van der Waals surface area contributed by atoms with Gasteiger partial charge in [-0.25, -0.2) is 5.43 Å². The number of hydrogen-bond donors (Lipinski definition) is 3. The summed E-state index contributed by atoms with van der Waals surface area (Å²) in [6, 6.07) is 5.87. The largest absolute Gasteiger partial charge is 0.504 e. The molecule has 2 aromatic rings. The average molecular weight is 287 g/mol. The van der Waals surface area contributed by atoms with Crippen LogP contribution in [-0.4, -0.2) is 34.4 Å². The molecule has 7 nitrogen and oxygen atoms in total. The van der Waals surface area contributed by atoms with Crippen molar-refractivity contribution in [2.45, 2.75) is 0 Å². The number of carbonyl (C=O) groups is 1. The number of phenols is 2. The van der Waals surface area contributed by atoms with Crippen molar-refractivity contribution in [3.8, 4) is 17.2 Å². The van der Waals surface area contributed by atoms with Crippen molar-refractivity contribution in [1.29, 1.82) is 0 Å². The molecule has 21 heavy (non-hydrogen) atoms. The molecule has 0 aliphatic heterocycles. The highest BCUT2D eigenvalue weighted by Gasteiger charge is 2.08. The molecule has 1 aromatic heterocycles. The second-order valence-corrected chi connectivity index (χ2v) is 4.03. The van der Waals surface area contributed by atoms with E-state index in [1.807, 2.05) is 0 Å². The van der Waals surface area contributed by atoms with Gasteiger partial charge in [0.25, 0.3) is 5.91 Å². The minimum atomic E-state index is -0.386. The number of carbonyl (C=O) groups excluding carboxylic acids is 1. The number of nitrogens with one attached hydrogen (secondary N) is 1. The van der Waals surface area contributed by atoms with E-state index in [-0.39, 0.29) is 23.2 Å². The van der Waals surface area contributed by atoms with Gasteiger partial charge in [-0.3, -0.25) is 9.78 Å². The number of aromatic hydroxyl groups is 2. The minimum absolute atomic E-state index is 0.108. The topological polar surface area (TPSA) is 104 Å². The Balaban J connectivity index is 2.08. The lowest BCUT2D eigenvalue weighted by molar-refractivity contribution is 0.0955. The molecule has 3 N–H and O–H groups in total. The van der Waals surface area contributed by atoms with Gasteiger partial charge in [0.2, 0.25) is 5.75 Å². The summed E-state index contributed by atoms with van der Waals surface area (Å²) in [5.74, 6) is -0.966. The van der Waals surface area contributed by atoms with E-state index in [1.54, 1.807) is 12.1 Å². The van der Waals surface area contributed by atoms with Crippen molar-refractivity contribution >= 4 is 12.1 Å². The summed E-state index contributed by atoms with van der Waals surface area (Å²) >= 11 is 0. The molecule has 2 rings (SSSR count). The average Bonchev–Trinajstić information content (AvgIpc) is 2.51. The number of methoxy groups -OCH3 is 1. The summed E-state index contributed by atoms with van der Waals surface area (Å²) < 4.78 is 4.90. The highest BCUT2D eigenvalue weighted by Crippen LogP contribution is 2.35. The number of rotatable bonds is 4. The third-order valence-electron chi connectivity index (χ3n) is 2.62. The monoisotopic (exact) mass is 287 g/mol. The molecule has 1 heterocycles. The van der Waals surface area contributed by atoms with Crippen LogP contribution in [0.5, 0.6) is 17.2 Å². The molecule has 7 heteroatoms. The first-order chi connectivity index (χ1) is 10.1. The van der Waals surface area contributed by atoms with E-state index >= 15 is 0 Å². The summed E-state index contributed by atoms with van der Waals surface area (Å²) in [6.07, 6.45) is 4.32. The predicted molar refractivity (Wildman–Crippen MR) is 75.6 cm³/mol. The number of amides is 1. The van der Waals surface area contributed by atoms with Crippen molar-refractivity contribution in [3.63, 3.8) is 0 Å². The Labute approximate surface area is 120 Å². The normalized spacial score (nSPS) is 10.5. The van der Waals surface area contributed by atoms with Crippen LogP contribution < -0.4 is 10.2 Å². The number of phenolic OH excluding ortho intramolecular Hbond substituents is 2. The second-order valence-electron chi connectivity index (χ2n) is 4.03. The van der Waals surface area contributed by atoms with Crippen molar-refractivity contribution < 1.29 is 19.7 Å². The van der Waals surface area contributed by atoms with Crippen LogP contribution in [0.25, 0.3) is 0 Å². The van der Waals surface area contributed by atoms with Crippen LogP contribution in [0.2, 0.25) is 0 Å². The van der Waals surface area contributed by atoms with Crippen LogP contribution in [0.15, 0.2) is 41.8 Å². The Morgan fingerprint density at radius 3 is 2.71 bits per heavy atom. The molecule has 1 amide bonds. The van der Waals surface area contributed by atoms with E-state index in [1.165, 1.54) is 37.9 Å². The fourth-order valence-corrected chi connectivity index (χ4v) is 1.58. The molecule has 0 atom stereocenters. The maximum absolute atomic E-state index is 11.7. The molecular weight excluding hydrogens is 274 g/mol. The minimum Gasteiger partial charge on any atom is -0.504 e. The van der Waals surface area contributed by atoms with Gasteiger partial charge in [-0.1, -0.05) is 0 Å². The maximum Gasteiger partial charge on any atom is 0.271 e. The van der Waals surface area contributed by atoms with Crippen molar-refractivity contribution in [3.05, 3.63) is 47.8 Å². The summed E-state index contributed by atoms with van der Waals surface area (Å²) in [7, 11) is 1.36. The lowest BCUT2D eigenvalue weighted by Crippen LogP contribution is -2.17. The second kappa shape index (κ2) is 6.38. The van der Waals surface area contributed by atoms with Gasteiger partial charge in [0, 0.05) is 23.5 Å². The molecule has 0 radical (unpaired) electrons. The van der Waals surface area contributed by atoms with Crippen LogP contribution in [0, 0.1) is 0 Å². The third-order valence-corrected chi connectivity index (χ3v) is 2.62. The van der Waals surface area contributed by atoms with Crippen LogP contribution >= 0.6 is 0 Å². The molecule has 0 aliphatic carbocycles. The van der Waals surface area contributed by atoms with E-state index < -0.39 is 0 Å². The quantitative estimate of drug-likeness (QED) is 0.446. The summed E-state index contributed by atoms with van der Waals surface area (Å²) in [4.78, 5) is 15.5. The first-order valence-corrected chi connectivity index (χ1v) is 5.95. The number of nitrogens with zero attached hydrogens (tertiary/aromatic N) is 2. The van der Waals surface area contributed by atoms with Gasteiger partial charge in [-0.2, -0.15) is 5.10 Å². The Bertz CT molecular complexity index is 671. The molecule has 0 spiro atoms. The SMILES string of the molecule is COc1cc(/C=N/NC(=O)c2ccncc2)cc(O)c1O. The van der Waals surface area contributed by atoms with E-state index in [0.717, 1.165) is 0 Å². The smallest absolute Gasteiger partial charge is 0.271 e. The number of benzene rings is 1. The Morgan fingerprint density at radius 1 is 1.33 bits per heavy atom. The van der Waals surface area contributed by atoms with Crippen molar-refractivity contribution in [1.82, 2.24) is 10.4 Å². The van der Waals surface area contributed by atoms with E-state index in [9.17, 15) is 15.0 Å². The molecule has 0 unspecified atom stereocenters. The zero-order valence-electron chi connectivity index (χ0n) is 11.1. The van der Waals surface area contributed by atoms with Crippen LogP contribution in [0.3, 0.4) is 0 Å².